The van der Waals surface area contributed by atoms with Crippen molar-refractivity contribution in [3.63, 3.8) is 0 Å². The van der Waals surface area contributed by atoms with Crippen LogP contribution in [0.4, 0.5) is 0 Å². The highest BCUT2D eigenvalue weighted by atomic mass is 127. The number of benzene rings is 2. The maximum Gasteiger partial charge on any atom is 0.213 e. The van der Waals surface area contributed by atoms with Gasteiger partial charge in [-0.15, -0.1) is 24.0 Å². The number of nitrogens with zero attached hydrogens (tertiary/aromatic N) is 2. The molecule has 31 heavy (non-hydrogen) atoms. The normalized spacial score (nSPS) is 16.6. The fourth-order valence-corrected chi connectivity index (χ4v) is 4.49. The molecule has 0 aliphatic carbocycles. The zero-order valence-corrected chi connectivity index (χ0v) is 21.1. The lowest BCUT2D eigenvalue weighted by molar-refractivity contribution is 0.414. The van der Waals surface area contributed by atoms with Gasteiger partial charge < -0.3 is 15.0 Å². The van der Waals surface area contributed by atoms with Crippen molar-refractivity contribution in [2.24, 2.45) is 4.99 Å². The molecule has 0 radical (unpaired) electrons. The van der Waals surface area contributed by atoms with Crippen molar-refractivity contribution in [2.75, 3.05) is 39.5 Å². The van der Waals surface area contributed by atoms with Crippen LogP contribution in [0.1, 0.15) is 23.5 Å². The number of nitrogens with one attached hydrogen (secondary N) is 2. The molecule has 1 atom stereocenters. The molecule has 1 unspecified atom stereocenters. The largest absolute Gasteiger partial charge is 0.497 e. The number of hydrogen-bond acceptors (Lipinski definition) is 4. The highest BCUT2D eigenvalue weighted by molar-refractivity contribution is 14.0. The molecule has 1 saturated heterocycles. The van der Waals surface area contributed by atoms with Crippen molar-refractivity contribution in [1.82, 2.24) is 14.9 Å². The van der Waals surface area contributed by atoms with Gasteiger partial charge in [0.15, 0.2) is 5.96 Å². The molecule has 0 saturated carbocycles. The van der Waals surface area contributed by atoms with Crippen LogP contribution in [0.15, 0.2) is 59.6 Å². The number of guanidine groups is 1. The summed E-state index contributed by atoms with van der Waals surface area (Å²) in [4.78, 5) is 6.51. The monoisotopic (exact) mass is 558 g/mol. The van der Waals surface area contributed by atoms with Crippen LogP contribution in [0.5, 0.6) is 5.75 Å². The Morgan fingerprint density at radius 1 is 1.16 bits per heavy atom. The molecule has 0 amide bonds. The fourth-order valence-electron chi connectivity index (χ4n) is 3.59. The number of aliphatic imine (C=N–C) groups is 1. The molecular weight excluding hydrogens is 527 g/mol. The lowest BCUT2D eigenvalue weighted by Gasteiger charge is -2.22. The Balaban J connectivity index is 0.00000341. The quantitative estimate of drug-likeness (QED) is 0.296. The average Bonchev–Trinajstić information content (AvgIpc) is 3.26. The molecule has 3 rings (SSSR count). The average molecular weight is 558 g/mol. The highest BCUT2D eigenvalue weighted by Crippen LogP contribution is 2.28. The number of rotatable bonds is 8. The molecule has 170 valence electrons. The Labute approximate surface area is 202 Å². The Hall–Kier alpha value is -1.85. The van der Waals surface area contributed by atoms with Crippen LogP contribution in [-0.4, -0.2) is 58.8 Å². The van der Waals surface area contributed by atoms with Gasteiger partial charge in [-0.25, -0.2) is 13.1 Å². The molecule has 1 aliphatic heterocycles. The van der Waals surface area contributed by atoms with Crippen molar-refractivity contribution >= 4 is 40.0 Å². The summed E-state index contributed by atoms with van der Waals surface area (Å²) in [6.45, 7) is 2.34. The maximum absolute atomic E-state index is 12.3. The van der Waals surface area contributed by atoms with Gasteiger partial charge in [0, 0.05) is 39.1 Å². The van der Waals surface area contributed by atoms with E-state index in [-0.39, 0.29) is 29.7 Å². The maximum atomic E-state index is 12.3. The van der Waals surface area contributed by atoms with Gasteiger partial charge in [0.1, 0.15) is 5.75 Å². The van der Waals surface area contributed by atoms with E-state index < -0.39 is 10.0 Å². The van der Waals surface area contributed by atoms with Gasteiger partial charge in [-0.05, 0) is 29.7 Å². The minimum atomic E-state index is -3.37. The highest BCUT2D eigenvalue weighted by Gasteiger charge is 2.26. The zero-order valence-electron chi connectivity index (χ0n) is 18.0. The molecule has 2 N–H and O–H groups in total. The zero-order chi connectivity index (χ0) is 21.4. The molecule has 0 bridgehead atoms. The lowest BCUT2D eigenvalue weighted by Crippen LogP contribution is -2.42. The van der Waals surface area contributed by atoms with Crippen LogP contribution in [0.3, 0.4) is 0 Å². The van der Waals surface area contributed by atoms with Crippen LogP contribution in [-0.2, 0) is 16.6 Å². The summed E-state index contributed by atoms with van der Waals surface area (Å²) >= 11 is 0. The Morgan fingerprint density at radius 2 is 1.87 bits per heavy atom. The number of halogens is 1. The van der Waals surface area contributed by atoms with Crippen molar-refractivity contribution < 1.29 is 13.2 Å². The van der Waals surface area contributed by atoms with E-state index in [4.69, 9.17) is 4.74 Å². The molecule has 0 spiro atoms. The van der Waals surface area contributed by atoms with Crippen LogP contribution in [0.25, 0.3) is 0 Å². The third-order valence-electron chi connectivity index (χ3n) is 5.28. The third kappa shape index (κ3) is 7.65. The first-order valence-electron chi connectivity index (χ1n) is 10.1. The van der Waals surface area contributed by atoms with E-state index in [0.29, 0.717) is 19.0 Å². The number of ether oxygens (including phenoxy) is 1. The van der Waals surface area contributed by atoms with Gasteiger partial charge in [0.25, 0.3) is 0 Å². The Morgan fingerprint density at radius 3 is 2.52 bits per heavy atom. The van der Waals surface area contributed by atoms with Crippen LogP contribution in [0, 0.1) is 0 Å². The number of sulfonamides is 1. The minimum Gasteiger partial charge on any atom is -0.497 e. The van der Waals surface area contributed by atoms with Gasteiger partial charge in [-0.1, -0.05) is 42.5 Å². The summed E-state index contributed by atoms with van der Waals surface area (Å²) < 4.78 is 32.4. The second-order valence-electron chi connectivity index (χ2n) is 7.30. The molecule has 2 aromatic rings. The van der Waals surface area contributed by atoms with Crippen LogP contribution in [0.2, 0.25) is 0 Å². The fraction of sp³-hybridized carbons (Fsp3) is 0.409. The second-order valence-corrected chi connectivity index (χ2v) is 9.23. The summed E-state index contributed by atoms with van der Waals surface area (Å²) in [6, 6.07) is 17.7. The summed E-state index contributed by atoms with van der Waals surface area (Å²) in [6.07, 6.45) is 1.03. The third-order valence-corrected chi connectivity index (χ3v) is 6.61. The van der Waals surface area contributed by atoms with Crippen LogP contribution < -0.4 is 14.8 Å². The van der Waals surface area contributed by atoms with Crippen molar-refractivity contribution in [3.8, 4) is 5.75 Å². The minimum absolute atomic E-state index is 0. The molecule has 0 aromatic heterocycles. The van der Waals surface area contributed by atoms with Crippen molar-refractivity contribution in [3.05, 3.63) is 65.7 Å². The van der Waals surface area contributed by atoms with E-state index in [0.717, 1.165) is 36.8 Å². The molecule has 7 nitrogen and oxygen atoms in total. The van der Waals surface area contributed by atoms with E-state index in [2.05, 4.69) is 32.1 Å². The Bertz CT molecular complexity index is 937. The smallest absolute Gasteiger partial charge is 0.213 e. The van der Waals surface area contributed by atoms with Gasteiger partial charge in [0.05, 0.1) is 12.9 Å². The number of methoxy groups -OCH3 is 1. The van der Waals surface area contributed by atoms with E-state index >= 15 is 0 Å². The molecule has 2 aromatic carbocycles. The van der Waals surface area contributed by atoms with E-state index in [1.54, 1.807) is 14.2 Å². The Kier molecular flexibility index (Phi) is 10.0. The SMILES string of the molecule is CN=C(NCCS(=O)(=O)NCc1ccccc1)N1CCC(c2ccc(OC)cc2)C1.I. The van der Waals surface area contributed by atoms with Crippen molar-refractivity contribution in [2.45, 2.75) is 18.9 Å². The van der Waals surface area contributed by atoms with E-state index in [1.807, 2.05) is 42.5 Å². The van der Waals surface area contributed by atoms with Gasteiger partial charge in [-0.3, -0.25) is 4.99 Å². The summed E-state index contributed by atoms with van der Waals surface area (Å²) in [5.74, 6) is 2.01. The van der Waals surface area contributed by atoms with Gasteiger partial charge >= 0.3 is 0 Å². The summed E-state index contributed by atoms with van der Waals surface area (Å²) in [5, 5.41) is 3.19. The first-order chi connectivity index (χ1) is 14.5. The summed E-state index contributed by atoms with van der Waals surface area (Å²) in [7, 11) is 0.0280. The van der Waals surface area contributed by atoms with Crippen LogP contribution >= 0.6 is 24.0 Å². The first-order valence-corrected chi connectivity index (χ1v) is 11.8. The topological polar surface area (TPSA) is 83.0 Å². The van der Waals surface area contributed by atoms with E-state index in [1.165, 1.54) is 5.56 Å². The van der Waals surface area contributed by atoms with Crippen molar-refractivity contribution in [1.29, 1.82) is 0 Å². The summed E-state index contributed by atoms with van der Waals surface area (Å²) in [5.41, 5.74) is 2.22. The molecular formula is C22H31IN4O3S. The number of likely N-dealkylation sites (tertiary alicyclic amines) is 1. The number of hydrogen-bond donors (Lipinski definition) is 2. The predicted molar refractivity (Wildman–Crippen MR) is 136 cm³/mol. The molecule has 9 heteroatoms. The van der Waals surface area contributed by atoms with Gasteiger partial charge in [0.2, 0.25) is 10.0 Å². The molecule has 1 aliphatic rings. The second kappa shape index (κ2) is 12.3. The molecule has 1 fully saturated rings. The van der Waals surface area contributed by atoms with E-state index in [9.17, 15) is 8.42 Å². The first kappa shape index (κ1) is 25.4. The predicted octanol–water partition coefficient (Wildman–Crippen LogP) is 2.80. The molecule has 1 heterocycles. The van der Waals surface area contributed by atoms with Gasteiger partial charge in [-0.2, -0.15) is 0 Å². The standard InChI is InChI=1S/C22H30N4O3S.HI/c1-23-22(24-13-15-30(27,28)25-16-18-6-4-3-5-7-18)26-14-12-20(17-26)19-8-10-21(29-2)11-9-19;/h3-11,20,25H,12-17H2,1-2H3,(H,23,24);1H. The lowest BCUT2D eigenvalue weighted by atomic mass is 9.98.